The summed E-state index contributed by atoms with van der Waals surface area (Å²) in [5, 5.41) is 16.6. The standard InChI is InChI=1S/C13H13ClN2O2S/c1-9(11-3-2-4-12(14)6-11)15-7-10-5-13(16(17)18)19-8-10/h2-6,8-9,15H,7H2,1H3/t9-/m0/s1. The number of benzene rings is 1. The highest BCUT2D eigenvalue weighted by molar-refractivity contribution is 7.13. The van der Waals surface area contributed by atoms with E-state index >= 15 is 0 Å². The van der Waals surface area contributed by atoms with Crippen LogP contribution in [-0.2, 0) is 6.54 Å². The first-order valence-electron chi connectivity index (χ1n) is 5.77. The predicted octanol–water partition coefficient (Wildman–Crippen LogP) is 4.16. The number of thiophene rings is 1. The highest BCUT2D eigenvalue weighted by Crippen LogP contribution is 2.23. The van der Waals surface area contributed by atoms with Crippen LogP contribution in [0, 0.1) is 10.1 Å². The van der Waals surface area contributed by atoms with Gasteiger partial charge in [-0.2, -0.15) is 0 Å². The Labute approximate surface area is 120 Å². The van der Waals surface area contributed by atoms with Crippen LogP contribution < -0.4 is 5.32 Å². The van der Waals surface area contributed by atoms with Crippen LogP contribution in [-0.4, -0.2) is 4.92 Å². The third-order valence-corrected chi connectivity index (χ3v) is 3.95. The van der Waals surface area contributed by atoms with Gasteiger partial charge in [-0.1, -0.05) is 35.1 Å². The van der Waals surface area contributed by atoms with Gasteiger partial charge in [-0.25, -0.2) is 0 Å². The summed E-state index contributed by atoms with van der Waals surface area (Å²) in [6.07, 6.45) is 0. The van der Waals surface area contributed by atoms with E-state index < -0.39 is 0 Å². The molecule has 2 rings (SSSR count). The Morgan fingerprint density at radius 3 is 2.89 bits per heavy atom. The maximum absolute atomic E-state index is 10.6. The smallest absolute Gasteiger partial charge is 0.306 e. The average Bonchev–Trinajstić information content (AvgIpc) is 2.85. The number of nitrogens with one attached hydrogen (secondary N) is 1. The van der Waals surface area contributed by atoms with Crippen molar-refractivity contribution in [3.8, 4) is 0 Å². The molecule has 1 aromatic carbocycles. The summed E-state index contributed by atoms with van der Waals surface area (Å²) in [5.74, 6) is 0. The molecule has 19 heavy (non-hydrogen) atoms. The molecule has 4 nitrogen and oxygen atoms in total. The molecule has 1 aromatic heterocycles. The zero-order chi connectivity index (χ0) is 13.8. The average molecular weight is 297 g/mol. The van der Waals surface area contributed by atoms with Crippen molar-refractivity contribution >= 4 is 27.9 Å². The number of halogens is 1. The third-order valence-electron chi connectivity index (χ3n) is 2.78. The van der Waals surface area contributed by atoms with Gasteiger partial charge in [0.05, 0.1) is 4.92 Å². The zero-order valence-corrected chi connectivity index (χ0v) is 11.9. The Morgan fingerprint density at radius 1 is 1.47 bits per heavy atom. The molecule has 0 spiro atoms. The molecule has 2 aromatic rings. The van der Waals surface area contributed by atoms with Gasteiger partial charge in [0, 0.05) is 29.1 Å². The van der Waals surface area contributed by atoms with E-state index in [9.17, 15) is 10.1 Å². The first kappa shape index (κ1) is 14.0. The van der Waals surface area contributed by atoms with Crippen LogP contribution in [0.4, 0.5) is 5.00 Å². The number of nitrogens with zero attached hydrogens (tertiary/aromatic N) is 1. The molecular weight excluding hydrogens is 284 g/mol. The van der Waals surface area contributed by atoms with Gasteiger partial charge in [0.25, 0.3) is 0 Å². The molecule has 6 heteroatoms. The molecular formula is C13H13ClN2O2S. The number of hydrogen-bond donors (Lipinski definition) is 1. The van der Waals surface area contributed by atoms with Gasteiger partial charge in [0.1, 0.15) is 0 Å². The lowest BCUT2D eigenvalue weighted by Crippen LogP contribution is -2.17. The third kappa shape index (κ3) is 3.76. The van der Waals surface area contributed by atoms with E-state index in [1.807, 2.05) is 31.2 Å². The summed E-state index contributed by atoms with van der Waals surface area (Å²) in [6, 6.07) is 9.39. The minimum absolute atomic E-state index is 0.137. The summed E-state index contributed by atoms with van der Waals surface area (Å²) < 4.78 is 0. The monoisotopic (exact) mass is 296 g/mol. The molecule has 0 amide bonds. The van der Waals surface area contributed by atoms with Crippen molar-refractivity contribution in [2.75, 3.05) is 0 Å². The topological polar surface area (TPSA) is 55.2 Å². The Morgan fingerprint density at radius 2 is 2.26 bits per heavy atom. The predicted molar refractivity (Wildman–Crippen MR) is 77.7 cm³/mol. The van der Waals surface area contributed by atoms with E-state index in [0.717, 1.165) is 22.5 Å². The molecule has 0 unspecified atom stereocenters. The van der Waals surface area contributed by atoms with Crippen molar-refractivity contribution < 1.29 is 4.92 Å². The van der Waals surface area contributed by atoms with Crippen molar-refractivity contribution in [2.45, 2.75) is 19.5 Å². The van der Waals surface area contributed by atoms with Gasteiger partial charge in [0.2, 0.25) is 0 Å². The van der Waals surface area contributed by atoms with Crippen LogP contribution in [0.25, 0.3) is 0 Å². The van der Waals surface area contributed by atoms with Crippen molar-refractivity contribution in [3.05, 3.63) is 62.0 Å². The van der Waals surface area contributed by atoms with E-state index in [-0.39, 0.29) is 16.0 Å². The second kappa shape index (κ2) is 6.14. The summed E-state index contributed by atoms with van der Waals surface area (Å²) >= 11 is 7.09. The Balaban J connectivity index is 1.96. The molecule has 0 aliphatic heterocycles. The van der Waals surface area contributed by atoms with E-state index in [4.69, 9.17) is 11.6 Å². The molecule has 1 N–H and O–H groups in total. The zero-order valence-electron chi connectivity index (χ0n) is 10.3. The second-order valence-corrected chi connectivity index (χ2v) is 5.53. The van der Waals surface area contributed by atoms with Gasteiger partial charge in [-0.05, 0) is 30.2 Å². The van der Waals surface area contributed by atoms with Crippen LogP contribution in [0.5, 0.6) is 0 Å². The molecule has 0 saturated heterocycles. The van der Waals surface area contributed by atoms with Gasteiger partial charge >= 0.3 is 5.00 Å². The largest absolute Gasteiger partial charge is 0.324 e. The SMILES string of the molecule is C[C@H](NCc1csc([N+](=O)[O-])c1)c1cccc(Cl)c1. The molecule has 0 aliphatic rings. The van der Waals surface area contributed by atoms with E-state index in [1.54, 1.807) is 11.4 Å². The fourth-order valence-electron chi connectivity index (χ4n) is 1.72. The van der Waals surface area contributed by atoms with Gasteiger partial charge in [-0.15, -0.1) is 0 Å². The molecule has 0 bridgehead atoms. The fourth-order valence-corrected chi connectivity index (χ4v) is 2.64. The van der Waals surface area contributed by atoms with Gasteiger partial charge in [-0.3, -0.25) is 10.1 Å². The van der Waals surface area contributed by atoms with Crippen LogP contribution in [0.3, 0.4) is 0 Å². The van der Waals surface area contributed by atoms with Crippen molar-refractivity contribution in [3.63, 3.8) is 0 Å². The minimum Gasteiger partial charge on any atom is -0.306 e. The van der Waals surface area contributed by atoms with E-state index in [0.29, 0.717) is 11.6 Å². The summed E-state index contributed by atoms with van der Waals surface area (Å²) in [4.78, 5) is 10.2. The normalized spacial score (nSPS) is 12.3. The first-order valence-corrected chi connectivity index (χ1v) is 7.02. The first-order chi connectivity index (χ1) is 9.06. The Bertz CT molecular complexity index is 586. The lowest BCUT2D eigenvalue weighted by Gasteiger charge is -2.13. The molecule has 1 heterocycles. The molecule has 0 radical (unpaired) electrons. The van der Waals surface area contributed by atoms with Gasteiger partial charge in [0.15, 0.2) is 0 Å². The van der Waals surface area contributed by atoms with Crippen LogP contribution >= 0.6 is 22.9 Å². The maximum atomic E-state index is 10.6. The number of rotatable bonds is 5. The molecule has 1 atom stereocenters. The van der Waals surface area contributed by atoms with Crippen LogP contribution in [0.2, 0.25) is 5.02 Å². The highest BCUT2D eigenvalue weighted by Gasteiger charge is 2.11. The van der Waals surface area contributed by atoms with Gasteiger partial charge < -0.3 is 5.32 Å². The minimum atomic E-state index is -0.367. The lowest BCUT2D eigenvalue weighted by molar-refractivity contribution is -0.380. The van der Waals surface area contributed by atoms with Crippen LogP contribution in [0.15, 0.2) is 35.7 Å². The lowest BCUT2D eigenvalue weighted by atomic mass is 10.1. The second-order valence-electron chi connectivity index (χ2n) is 4.21. The number of hydrogen-bond acceptors (Lipinski definition) is 4. The fraction of sp³-hybridized carbons (Fsp3) is 0.231. The Kier molecular flexibility index (Phi) is 4.52. The quantitative estimate of drug-likeness (QED) is 0.666. The van der Waals surface area contributed by atoms with Crippen molar-refractivity contribution in [2.24, 2.45) is 0 Å². The number of nitro groups is 1. The molecule has 0 aliphatic carbocycles. The summed E-state index contributed by atoms with van der Waals surface area (Å²) in [7, 11) is 0. The molecule has 0 fully saturated rings. The van der Waals surface area contributed by atoms with Crippen molar-refractivity contribution in [1.82, 2.24) is 5.32 Å². The molecule has 0 saturated carbocycles. The maximum Gasteiger partial charge on any atom is 0.324 e. The van der Waals surface area contributed by atoms with Crippen molar-refractivity contribution in [1.29, 1.82) is 0 Å². The molecule has 100 valence electrons. The van der Waals surface area contributed by atoms with E-state index in [2.05, 4.69) is 5.32 Å². The van der Waals surface area contributed by atoms with E-state index in [1.165, 1.54) is 0 Å². The highest BCUT2D eigenvalue weighted by atomic mass is 35.5. The summed E-state index contributed by atoms with van der Waals surface area (Å²) in [6.45, 7) is 2.63. The Hall–Kier alpha value is -1.43. The summed E-state index contributed by atoms with van der Waals surface area (Å²) in [5.41, 5.74) is 2.02. The van der Waals surface area contributed by atoms with Crippen LogP contribution in [0.1, 0.15) is 24.1 Å².